The highest BCUT2D eigenvalue weighted by Crippen LogP contribution is 2.14. The molecule has 1 aromatic carbocycles. The Morgan fingerprint density at radius 3 is 2.60 bits per heavy atom. The fourth-order valence-electron chi connectivity index (χ4n) is 1.71. The summed E-state index contributed by atoms with van der Waals surface area (Å²) in [7, 11) is 0. The van der Waals surface area contributed by atoms with Crippen molar-refractivity contribution >= 4 is 17.7 Å². The Balaban J connectivity index is 2.85. The van der Waals surface area contributed by atoms with Crippen LogP contribution in [0.2, 0.25) is 0 Å². The number of hydrogen-bond donors (Lipinski definition) is 2. The molecule has 106 valence electrons. The van der Waals surface area contributed by atoms with Crippen LogP contribution in [-0.2, 0) is 4.79 Å². The third-order valence-electron chi connectivity index (χ3n) is 2.49. The molecule has 0 saturated heterocycles. The van der Waals surface area contributed by atoms with Gasteiger partial charge in [0.05, 0.1) is 11.3 Å². The van der Waals surface area contributed by atoms with Gasteiger partial charge in [-0.05, 0) is 18.1 Å². The molecule has 0 aliphatic rings. The van der Waals surface area contributed by atoms with E-state index in [-0.39, 0.29) is 12.5 Å². The maximum Gasteiger partial charge on any atom is 0.323 e. The fourth-order valence-corrected chi connectivity index (χ4v) is 1.71. The van der Waals surface area contributed by atoms with Crippen molar-refractivity contribution in [2.75, 3.05) is 18.4 Å². The van der Waals surface area contributed by atoms with Gasteiger partial charge >= 0.3 is 12.0 Å². The quantitative estimate of drug-likeness (QED) is 0.860. The molecule has 1 rings (SSSR count). The van der Waals surface area contributed by atoms with E-state index in [1.165, 1.54) is 4.90 Å². The number of anilines is 1. The summed E-state index contributed by atoms with van der Waals surface area (Å²) in [6, 6.07) is 8.02. The summed E-state index contributed by atoms with van der Waals surface area (Å²) in [5, 5.41) is 20.4. The maximum absolute atomic E-state index is 12.1. The molecule has 2 amide bonds. The lowest BCUT2D eigenvalue weighted by molar-refractivity contribution is -0.137. The normalized spacial score (nSPS) is 9.90. The van der Waals surface area contributed by atoms with Crippen molar-refractivity contribution in [3.8, 4) is 6.07 Å². The Morgan fingerprint density at radius 2 is 2.05 bits per heavy atom. The van der Waals surface area contributed by atoms with Crippen molar-refractivity contribution in [2.45, 2.75) is 13.8 Å². The zero-order chi connectivity index (χ0) is 15.1. The van der Waals surface area contributed by atoms with Crippen LogP contribution in [0.5, 0.6) is 0 Å². The first-order chi connectivity index (χ1) is 9.43. The van der Waals surface area contributed by atoms with Gasteiger partial charge < -0.3 is 15.3 Å². The molecule has 0 aliphatic carbocycles. The van der Waals surface area contributed by atoms with Crippen LogP contribution in [0.25, 0.3) is 0 Å². The molecular weight excluding hydrogens is 258 g/mol. The molecule has 0 saturated carbocycles. The van der Waals surface area contributed by atoms with Crippen LogP contribution in [-0.4, -0.2) is 35.1 Å². The Kier molecular flexibility index (Phi) is 5.54. The lowest BCUT2D eigenvalue weighted by Crippen LogP contribution is -2.41. The van der Waals surface area contributed by atoms with E-state index in [0.29, 0.717) is 17.8 Å². The third-order valence-corrected chi connectivity index (χ3v) is 2.49. The zero-order valence-corrected chi connectivity index (χ0v) is 11.5. The molecule has 0 radical (unpaired) electrons. The second-order valence-electron chi connectivity index (χ2n) is 4.76. The summed E-state index contributed by atoms with van der Waals surface area (Å²) in [6.45, 7) is 3.74. The summed E-state index contributed by atoms with van der Waals surface area (Å²) < 4.78 is 0. The van der Waals surface area contributed by atoms with Crippen LogP contribution in [0.15, 0.2) is 24.3 Å². The molecule has 0 bridgehead atoms. The van der Waals surface area contributed by atoms with Gasteiger partial charge in [0.15, 0.2) is 0 Å². The molecule has 0 atom stereocenters. The molecule has 0 aromatic heterocycles. The first-order valence-corrected chi connectivity index (χ1v) is 6.21. The minimum absolute atomic E-state index is 0.145. The highest BCUT2D eigenvalue weighted by molar-refractivity contribution is 5.92. The van der Waals surface area contributed by atoms with Crippen molar-refractivity contribution in [1.29, 1.82) is 5.26 Å². The van der Waals surface area contributed by atoms with Crippen LogP contribution in [0.1, 0.15) is 19.4 Å². The smallest absolute Gasteiger partial charge is 0.323 e. The number of urea groups is 1. The summed E-state index contributed by atoms with van der Waals surface area (Å²) >= 11 is 0. The average molecular weight is 275 g/mol. The molecular formula is C14H17N3O3. The molecule has 6 heteroatoms. The van der Waals surface area contributed by atoms with Crippen LogP contribution in [0.4, 0.5) is 10.5 Å². The van der Waals surface area contributed by atoms with Gasteiger partial charge in [-0.15, -0.1) is 0 Å². The standard InChI is InChI=1S/C14H17N3O3/c1-10(2)8-17(9-13(18)19)14(20)16-12-6-4-3-5-11(12)7-15/h3-6,10H,8-9H2,1-2H3,(H,16,20)(H,18,19). The van der Waals surface area contributed by atoms with Gasteiger partial charge in [0.1, 0.15) is 12.6 Å². The first-order valence-electron chi connectivity index (χ1n) is 6.21. The average Bonchev–Trinajstić information content (AvgIpc) is 2.37. The summed E-state index contributed by atoms with van der Waals surface area (Å²) in [4.78, 5) is 24.1. The molecule has 1 aromatic rings. The zero-order valence-electron chi connectivity index (χ0n) is 11.5. The molecule has 0 fully saturated rings. The van der Waals surface area contributed by atoms with E-state index in [1.807, 2.05) is 19.9 Å². The number of amides is 2. The van der Waals surface area contributed by atoms with Gasteiger partial charge in [0.25, 0.3) is 0 Å². The van der Waals surface area contributed by atoms with Crippen LogP contribution >= 0.6 is 0 Å². The van der Waals surface area contributed by atoms with Gasteiger partial charge in [-0.25, -0.2) is 4.79 Å². The summed E-state index contributed by atoms with van der Waals surface area (Å²) in [5.74, 6) is -0.930. The molecule has 0 unspecified atom stereocenters. The van der Waals surface area contributed by atoms with E-state index in [4.69, 9.17) is 10.4 Å². The number of carbonyl (C=O) groups excluding carboxylic acids is 1. The summed E-state index contributed by atoms with van der Waals surface area (Å²) in [6.07, 6.45) is 0. The Hall–Kier alpha value is -2.55. The highest BCUT2D eigenvalue weighted by Gasteiger charge is 2.18. The Morgan fingerprint density at radius 1 is 1.40 bits per heavy atom. The summed E-state index contributed by atoms with van der Waals surface area (Å²) in [5.41, 5.74) is 0.708. The number of carbonyl (C=O) groups is 2. The number of nitrogens with zero attached hydrogens (tertiary/aromatic N) is 2. The largest absolute Gasteiger partial charge is 0.480 e. The number of carboxylic acids is 1. The molecule has 20 heavy (non-hydrogen) atoms. The Labute approximate surface area is 117 Å². The number of hydrogen-bond acceptors (Lipinski definition) is 3. The molecule has 0 spiro atoms. The SMILES string of the molecule is CC(C)CN(CC(=O)O)C(=O)Nc1ccccc1C#N. The first kappa shape index (κ1) is 15.5. The fraction of sp³-hybridized carbons (Fsp3) is 0.357. The van der Waals surface area contributed by atoms with Gasteiger partial charge in [-0.1, -0.05) is 26.0 Å². The maximum atomic E-state index is 12.1. The number of rotatable bonds is 5. The van der Waals surface area contributed by atoms with Crippen molar-refractivity contribution in [1.82, 2.24) is 4.90 Å². The van der Waals surface area contributed by atoms with Gasteiger partial charge in [-0.3, -0.25) is 4.79 Å². The number of nitrogens with one attached hydrogen (secondary N) is 1. The minimum Gasteiger partial charge on any atom is -0.480 e. The van der Waals surface area contributed by atoms with Gasteiger partial charge in [0, 0.05) is 6.54 Å². The molecule has 0 aliphatic heterocycles. The van der Waals surface area contributed by atoms with E-state index >= 15 is 0 Å². The highest BCUT2D eigenvalue weighted by atomic mass is 16.4. The lowest BCUT2D eigenvalue weighted by atomic mass is 10.2. The predicted octanol–water partition coefficient (Wildman–Crippen LogP) is 2.13. The van der Waals surface area contributed by atoms with Crippen LogP contribution in [0, 0.1) is 17.2 Å². The Bertz CT molecular complexity index is 535. The number of benzene rings is 1. The molecule has 0 heterocycles. The van der Waals surface area contributed by atoms with Crippen LogP contribution in [0.3, 0.4) is 0 Å². The number of carboxylic acid groups (broad SMARTS) is 1. The van der Waals surface area contributed by atoms with Crippen molar-refractivity contribution in [3.05, 3.63) is 29.8 Å². The van der Waals surface area contributed by atoms with Gasteiger partial charge in [0.2, 0.25) is 0 Å². The van der Waals surface area contributed by atoms with E-state index < -0.39 is 12.0 Å². The van der Waals surface area contributed by atoms with Gasteiger partial charge in [-0.2, -0.15) is 5.26 Å². The van der Waals surface area contributed by atoms with E-state index in [0.717, 1.165) is 0 Å². The molecule has 2 N–H and O–H groups in total. The second kappa shape index (κ2) is 7.14. The monoisotopic (exact) mass is 275 g/mol. The van der Waals surface area contributed by atoms with E-state index in [1.54, 1.807) is 24.3 Å². The van der Waals surface area contributed by atoms with E-state index in [9.17, 15) is 9.59 Å². The lowest BCUT2D eigenvalue weighted by Gasteiger charge is -2.23. The van der Waals surface area contributed by atoms with Crippen molar-refractivity contribution < 1.29 is 14.7 Å². The predicted molar refractivity (Wildman–Crippen MR) is 74.2 cm³/mol. The van der Waals surface area contributed by atoms with E-state index in [2.05, 4.69) is 5.32 Å². The number of para-hydroxylation sites is 1. The number of aliphatic carboxylic acids is 1. The minimum atomic E-state index is -1.07. The number of nitriles is 1. The van der Waals surface area contributed by atoms with Crippen LogP contribution < -0.4 is 5.32 Å². The third kappa shape index (κ3) is 4.61. The molecule has 6 nitrogen and oxygen atoms in total. The van der Waals surface area contributed by atoms with Crippen molar-refractivity contribution in [2.24, 2.45) is 5.92 Å². The topological polar surface area (TPSA) is 93.4 Å². The second-order valence-corrected chi connectivity index (χ2v) is 4.76. The van der Waals surface area contributed by atoms with Crippen molar-refractivity contribution in [3.63, 3.8) is 0 Å².